The van der Waals surface area contributed by atoms with Crippen molar-refractivity contribution in [2.75, 3.05) is 44.7 Å². The van der Waals surface area contributed by atoms with Crippen LogP contribution in [-0.4, -0.2) is 87.8 Å². The first-order valence-corrected chi connectivity index (χ1v) is 20.5. The quantitative estimate of drug-likeness (QED) is 0.120. The van der Waals surface area contributed by atoms with Crippen molar-refractivity contribution in [3.8, 4) is 28.1 Å². The molecule has 2 aliphatic heterocycles. The van der Waals surface area contributed by atoms with Gasteiger partial charge in [-0.05, 0) is 79.3 Å². The maximum Gasteiger partial charge on any atom is 0.293 e. The van der Waals surface area contributed by atoms with Gasteiger partial charge >= 0.3 is 0 Å². The van der Waals surface area contributed by atoms with Crippen molar-refractivity contribution < 1.29 is 23.6 Å². The molecule has 0 aliphatic carbocycles. The Hall–Kier alpha value is -6.41. The molecule has 3 aromatic carbocycles. The highest BCUT2D eigenvalue weighted by Gasteiger charge is 2.30. The first-order chi connectivity index (χ1) is 28.8. The number of benzene rings is 3. The monoisotopic (exact) mass is 809 g/mol. The van der Waals surface area contributed by atoms with E-state index in [1.165, 1.54) is 5.69 Å². The highest BCUT2D eigenvalue weighted by atomic mass is 16.5. The summed E-state index contributed by atoms with van der Waals surface area (Å²) in [5.41, 5.74) is 9.38. The summed E-state index contributed by atoms with van der Waals surface area (Å²) in [7, 11) is 1.63. The van der Waals surface area contributed by atoms with Crippen molar-refractivity contribution >= 4 is 34.4 Å². The fourth-order valence-electron chi connectivity index (χ4n) is 8.12. The summed E-state index contributed by atoms with van der Waals surface area (Å²) >= 11 is 0. The van der Waals surface area contributed by atoms with E-state index in [1.807, 2.05) is 65.1 Å². The summed E-state index contributed by atoms with van der Waals surface area (Å²) in [5.74, 6) is -0.0971. The van der Waals surface area contributed by atoms with Gasteiger partial charge in [0.2, 0.25) is 17.7 Å². The molecule has 3 N–H and O–H groups in total. The molecule has 2 unspecified atom stereocenters. The zero-order valence-corrected chi connectivity index (χ0v) is 35.0. The molecule has 310 valence electrons. The van der Waals surface area contributed by atoms with E-state index in [1.54, 1.807) is 7.11 Å². The predicted octanol–water partition coefficient (Wildman–Crippen LogP) is 6.67. The molecular weight excluding hydrogens is 759 g/mol. The van der Waals surface area contributed by atoms with E-state index < -0.39 is 0 Å². The number of pyridine rings is 1. The standard InChI is InChI=1S/C46H51N9O5/c1-27-23-31(10-14-34(27)28(2)48-44(58)42-50-45(60-53-42)46(3,4)5)40-37-25-32(26-47-41(37)52-51-40)30-8-11-33(12-9-30)55-21-19-54(20-22-55)18-17-29-7-13-35(38(24-29)59-6)36-15-16-39(56)49-43(36)57/h7-14,23-26,28,36H,15-22H2,1-6H3,(H,48,58)(H,47,51,52)(H,49,56,57). The Morgan fingerprint density at radius 2 is 1.75 bits per heavy atom. The molecule has 2 atom stereocenters. The molecule has 0 bridgehead atoms. The summed E-state index contributed by atoms with van der Waals surface area (Å²) < 4.78 is 11.0. The Morgan fingerprint density at radius 1 is 0.983 bits per heavy atom. The van der Waals surface area contributed by atoms with E-state index >= 15 is 0 Å². The average Bonchev–Trinajstić information content (AvgIpc) is 3.92. The SMILES string of the molecule is COc1cc(CCN2CCN(c3ccc(-c4cnc5[nH]nc(-c6ccc(C(C)NC(=O)c7noc(C(C)(C)C)n7)c(C)c6)c5c4)cc3)CC2)ccc1C1CCC(=O)NC1=O. The van der Waals surface area contributed by atoms with Crippen LogP contribution in [0.2, 0.25) is 0 Å². The molecule has 5 heterocycles. The first kappa shape index (κ1) is 40.4. The number of carbonyl (C=O) groups excluding carboxylic acids is 3. The van der Waals surface area contributed by atoms with Crippen molar-refractivity contribution in [3.63, 3.8) is 0 Å². The highest BCUT2D eigenvalue weighted by molar-refractivity contribution is 6.01. The van der Waals surface area contributed by atoms with Crippen LogP contribution in [0.3, 0.4) is 0 Å². The normalized spacial score (nSPS) is 16.8. The van der Waals surface area contributed by atoms with E-state index in [9.17, 15) is 14.4 Å². The van der Waals surface area contributed by atoms with Crippen molar-refractivity contribution in [1.82, 2.24) is 40.9 Å². The summed E-state index contributed by atoms with van der Waals surface area (Å²) in [5, 5.41) is 18.0. The van der Waals surface area contributed by atoms with Gasteiger partial charge in [-0.25, -0.2) is 4.98 Å². The fourth-order valence-corrected chi connectivity index (χ4v) is 8.12. The number of hydrogen-bond donors (Lipinski definition) is 3. The number of aromatic nitrogens is 5. The first-order valence-electron chi connectivity index (χ1n) is 20.5. The van der Waals surface area contributed by atoms with Crippen LogP contribution in [-0.2, 0) is 21.4 Å². The minimum Gasteiger partial charge on any atom is -0.496 e. The molecule has 2 saturated heterocycles. The number of aryl methyl sites for hydroxylation is 1. The largest absolute Gasteiger partial charge is 0.496 e. The molecule has 6 aromatic rings. The third-order valence-corrected chi connectivity index (χ3v) is 11.6. The van der Waals surface area contributed by atoms with Gasteiger partial charge in [0.15, 0.2) is 5.65 Å². The number of rotatable bonds is 11. The third-order valence-electron chi connectivity index (χ3n) is 11.6. The lowest BCUT2D eigenvalue weighted by atomic mass is 9.89. The van der Waals surface area contributed by atoms with Crippen LogP contribution < -0.4 is 20.3 Å². The van der Waals surface area contributed by atoms with Gasteiger partial charge in [-0.3, -0.25) is 29.7 Å². The van der Waals surface area contributed by atoms with Gasteiger partial charge in [-0.15, -0.1) is 0 Å². The molecule has 3 amide bonds. The lowest BCUT2D eigenvalue weighted by molar-refractivity contribution is -0.134. The maximum absolute atomic E-state index is 12.9. The number of nitrogens with one attached hydrogen (secondary N) is 3. The van der Waals surface area contributed by atoms with Crippen LogP contribution in [0.4, 0.5) is 5.69 Å². The number of nitrogens with zero attached hydrogens (tertiary/aromatic N) is 6. The van der Waals surface area contributed by atoms with Gasteiger partial charge in [0.1, 0.15) is 11.4 Å². The zero-order valence-electron chi connectivity index (χ0n) is 35.0. The summed E-state index contributed by atoms with van der Waals surface area (Å²) in [6.45, 7) is 14.5. The van der Waals surface area contributed by atoms with Crippen LogP contribution in [0.1, 0.15) is 91.3 Å². The number of aromatic amines is 1. The summed E-state index contributed by atoms with van der Waals surface area (Å²) in [6.07, 6.45) is 3.59. The smallest absolute Gasteiger partial charge is 0.293 e. The number of methoxy groups -OCH3 is 1. The van der Waals surface area contributed by atoms with Crippen LogP contribution in [0, 0.1) is 6.92 Å². The molecule has 0 saturated carbocycles. The minimum absolute atomic E-state index is 0.0182. The molecule has 3 aromatic heterocycles. The molecule has 14 heteroatoms. The number of piperidine rings is 1. The Kier molecular flexibility index (Phi) is 11.2. The van der Waals surface area contributed by atoms with Gasteiger partial charge in [0.25, 0.3) is 11.7 Å². The Labute approximate surface area is 349 Å². The Balaban J connectivity index is 0.872. The molecule has 60 heavy (non-hydrogen) atoms. The number of fused-ring (bicyclic) bond motifs is 1. The second-order valence-corrected chi connectivity index (χ2v) is 16.8. The van der Waals surface area contributed by atoms with Crippen molar-refractivity contribution in [3.05, 3.63) is 107 Å². The van der Waals surface area contributed by atoms with Crippen LogP contribution in [0.5, 0.6) is 5.75 Å². The lowest BCUT2D eigenvalue weighted by Crippen LogP contribution is -2.47. The molecule has 14 nitrogen and oxygen atoms in total. The van der Waals surface area contributed by atoms with Gasteiger partial charge in [0, 0.05) is 78.5 Å². The fraction of sp³-hybridized carbons (Fsp3) is 0.370. The summed E-state index contributed by atoms with van der Waals surface area (Å²) in [4.78, 5) is 51.0. The summed E-state index contributed by atoms with van der Waals surface area (Å²) in [6, 6.07) is 22.7. The topological polar surface area (TPSA) is 171 Å². The highest BCUT2D eigenvalue weighted by Crippen LogP contribution is 2.34. The van der Waals surface area contributed by atoms with Crippen molar-refractivity contribution in [1.29, 1.82) is 0 Å². The molecule has 8 rings (SSSR count). The number of hydrogen-bond acceptors (Lipinski definition) is 11. The third kappa shape index (κ3) is 8.51. The molecule has 0 spiro atoms. The van der Waals surface area contributed by atoms with E-state index in [-0.39, 0.29) is 40.9 Å². The van der Waals surface area contributed by atoms with E-state index in [0.29, 0.717) is 30.1 Å². The number of ether oxygens (including phenoxy) is 1. The van der Waals surface area contributed by atoms with Crippen LogP contribution in [0.25, 0.3) is 33.4 Å². The van der Waals surface area contributed by atoms with Gasteiger partial charge < -0.3 is 19.5 Å². The molecule has 2 aliphatic rings. The number of H-pyrrole nitrogens is 1. The van der Waals surface area contributed by atoms with E-state index in [0.717, 1.165) is 89.2 Å². The number of imide groups is 1. The number of piperazine rings is 1. The average molecular weight is 810 g/mol. The van der Waals surface area contributed by atoms with Crippen molar-refractivity contribution in [2.24, 2.45) is 0 Å². The second kappa shape index (κ2) is 16.7. The van der Waals surface area contributed by atoms with Gasteiger partial charge in [0.05, 0.1) is 19.1 Å². The van der Waals surface area contributed by atoms with E-state index in [4.69, 9.17) is 14.2 Å². The van der Waals surface area contributed by atoms with Gasteiger partial charge in [-0.1, -0.05) is 62.3 Å². The molecule has 0 radical (unpaired) electrons. The number of anilines is 1. The maximum atomic E-state index is 12.9. The van der Waals surface area contributed by atoms with E-state index in [2.05, 4.69) is 83.2 Å². The Bertz CT molecular complexity index is 2550. The minimum atomic E-state index is -0.388. The second-order valence-electron chi connectivity index (χ2n) is 16.8. The Morgan fingerprint density at radius 3 is 2.45 bits per heavy atom. The zero-order chi connectivity index (χ0) is 42.1. The predicted molar refractivity (Wildman–Crippen MR) is 229 cm³/mol. The lowest BCUT2D eigenvalue weighted by Gasteiger charge is -2.36. The molecule has 2 fully saturated rings. The van der Waals surface area contributed by atoms with Crippen LogP contribution >= 0.6 is 0 Å². The van der Waals surface area contributed by atoms with Gasteiger partial charge in [-0.2, -0.15) is 10.1 Å². The molecular formula is C46H51N9O5. The number of amides is 3. The number of carbonyl (C=O) groups is 3. The van der Waals surface area contributed by atoms with Crippen LogP contribution in [0.15, 0.2) is 77.4 Å². The van der Waals surface area contributed by atoms with Crippen molar-refractivity contribution in [2.45, 2.75) is 71.3 Å².